The van der Waals surface area contributed by atoms with E-state index in [9.17, 15) is 9.18 Å². The molecule has 1 heterocycles. The minimum absolute atomic E-state index is 0.0850. The van der Waals surface area contributed by atoms with E-state index in [0.29, 0.717) is 22.9 Å². The van der Waals surface area contributed by atoms with Crippen molar-refractivity contribution < 1.29 is 18.7 Å². The zero-order valence-electron chi connectivity index (χ0n) is 15.8. The zero-order chi connectivity index (χ0) is 20.1. The Morgan fingerprint density at radius 1 is 1.14 bits per heavy atom. The largest absolute Gasteiger partial charge is 0.497 e. The molecule has 1 aromatic heterocycles. The molecule has 0 aliphatic rings. The summed E-state index contributed by atoms with van der Waals surface area (Å²) in [4.78, 5) is 16.9. The molecule has 0 fully saturated rings. The number of anilines is 1. The number of rotatable bonds is 6. The van der Waals surface area contributed by atoms with Gasteiger partial charge in [0.1, 0.15) is 29.2 Å². The molecule has 0 aliphatic heterocycles. The standard InChI is InChI=1S/C20H21FN4O3/c1-25-9-8-22-19(25)18(13-10-14(27-2)12-15(11-13)28-3)24-20(26)23-17-7-5-4-6-16(17)21/h4-12,18H,1-3H3,(H2,23,24,26)/t18-/m0/s1. The van der Waals surface area contributed by atoms with Gasteiger partial charge in [0, 0.05) is 25.5 Å². The third-order valence-corrected chi connectivity index (χ3v) is 4.22. The second kappa shape index (κ2) is 8.43. The zero-order valence-corrected chi connectivity index (χ0v) is 15.8. The van der Waals surface area contributed by atoms with Crippen LogP contribution in [0.15, 0.2) is 54.9 Å². The van der Waals surface area contributed by atoms with Crippen molar-refractivity contribution in [1.29, 1.82) is 0 Å². The normalized spacial score (nSPS) is 11.6. The number of ether oxygens (including phenoxy) is 2. The molecule has 1 atom stereocenters. The number of hydrogen-bond donors (Lipinski definition) is 2. The highest BCUT2D eigenvalue weighted by Crippen LogP contribution is 2.29. The summed E-state index contributed by atoms with van der Waals surface area (Å²) in [6, 6.07) is 10.1. The summed E-state index contributed by atoms with van der Waals surface area (Å²) < 4.78 is 26.3. The summed E-state index contributed by atoms with van der Waals surface area (Å²) in [6.45, 7) is 0. The van der Waals surface area contributed by atoms with Crippen LogP contribution in [0.3, 0.4) is 0 Å². The molecule has 0 saturated heterocycles. The number of aromatic nitrogens is 2. The van der Waals surface area contributed by atoms with Crippen LogP contribution in [0.1, 0.15) is 17.4 Å². The lowest BCUT2D eigenvalue weighted by atomic mass is 10.1. The molecular weight excluding hydrogens is 363 g/mol. The first-order valence-corrected chi connectivity index (χ1v) is 8.54. The lowest BCUT2D eigenvalue weighted by Crippen LogP contribution is -2.34. The van der Waals surface area contributed by atoms with E-state index in [1.54, 1.807) is 61.5 Å². The number of carbonyl (C=O) groups is 1. The highest BCUT2D eigenvalue weighted by Gasteiger charge is 2.23. The van der Waals surface area contributed by atoms with Crippen LogP contribution >= 0.6 is 0 Å². The van der Waals surface area contributed by atoms with Gasteiger partial charge in [-0.25, -0.2) is 14.2 Å². The molecule has 3 rings (SSSR count). The first kappa shape index (κ1) is 19.2. The number of para-hydroxylation sites is 1. The fraction of sp³-hybridized carbons (Fsp3) is 0.200. The summed E-state index contributed by atoms with van der Waals surface area (Å²) in [5.74, 6) is 1.22. The van der Waals surface area contributed by atoms with Crippen molar-refractivity contribution in [2.24, 2.45) is 7.05 Å². The van der Waals surface area contributed by atoms with E-state index >= 15 is 0 Å². The van der Waals surface area contributed by atoms with Crippen molar-refractivity contribution in [3.8, 4) is 11.5 Å². The van der Waals surface area contributed by atoms with Gasteiger partial charge in [-0.05, 0) is 29.8 Å². The number of carbonyl (C=O) groups excluding carboxylic acids is 1. The molecule has 28 heavy (non-hydrogen) atoms. The number of halogens is 1. The smallest absolute Gasteiger partial charge is 0.320 e. The van der Waals surface area contributed by atoms with Crippen molar-refractivity contribution >= 4 is 11.7 Å². The Kier molecular flexibility index (Phi) is 5.78. The van der Waals surface area contributed by atoms with Gasteiger partial charge in [0.25, 0.3) is 0 Å². The topological polar surface area (TPSA) is 77.4 Å². The van der Waals surface area contributed by atoms with Crippen LogP contribution in [0, 0.1) is 5.82 Å². The fourth-order valence-corrected chi connectivity index (χ4v) is 2.80. The second-order valence-corrected chi connectivity index (χ2v) is 6.05. The molecule has 0 aliphatic carbocycles. The van der Waals surface area contributed by atoms with Gasteiger partial charge in [-0.1, -0.05) is 12.1 Å². The quantitative estimate of drug-likeness (QED) is 0.682. The molecular formula is C20H21FN4O3. The van der Waals surface area contributed by atoms with E-state index < -0.39 is 17.9 Å². The Balaban J connectivity index is 1.94. The van der Waals surface area contributed by atoms with Crippen LogP contribution in [0.5, 0.6) is 11.5 Å². The molecule has 2 N–H and O–H groups in total. The molecule has 2 aromatic carbocycles. The number of imidazole rings is 1. The van der Waals surface area contributed by atoms with Gasteiger partial charge in [0.15, 0.2) is 0 Å². The van der Waals surface area contributed by atoms with E-state index in [1.165, 1.54) is 12.1 Å². The van der Waals surface area contributed by atoms with Crippen LogP contribution in [-0.4, -0.2) is 29.8 Å². The highest BCUT2D eigenvalue weighted by molar-refractivity contribution is 5.89. The molecule has 7 nitrogen and oxygen atoms in total. The first-order valence-electron chi connectivity index (χ1n) is 8.54. The van der Waals surface area contributed by atoms with Crippen molar-refractivity contribution in [3.05, 3.63) is 72.1 Å². The second-order valence-electron chi connectivity index (χ2n) is 6.05. The number of amides is 2. The predicted octanol–water partition coefficient (Wildman–Crippen LogP) is 3.49. The van der Waals surface area contributed by atoms with Crippen molar-refractivity contribution in [3.63, 3.8) is 0 Å². The van der Waals surface area contributed by atoms with Crippen molar-refractivity contribution in [2.75, 3.05) is 19.5 Å². The number of aryl methyl sites for hydroxylation is 1. The summed E-state index contributed by atoms with van der Waals surface area (Å²) in [7, 11) is 4.92. The summed E-state index contributed by atoms with van der Waals surface area (Å²) in [5.41, 5.74) is 0.788. The lowest BCUT2D eigenvalue weighted by molar-refractivity contribution is 0.249. The SMILES string of the molecule is COc1cc(OC)cc([C@H](NC(=O)Nc2ccccc2F)c2nccn2C)c1. The predicted molar refractivity (Wildman–Crippen MR) is 103 cm³/mol. The minimum Gasteiger partial charge on any atom is -0.497 e. The number of hydrogen-bond acceptors (Lipinski definition) is 4. The third-order valence-electron chi connectivity index (χ3n) is 4.22. The molecule has 146 valence electrons. The van der Waals surface area contributed by atoms with Crippen LogP contribution in [0.25, 0.3) is 0 Å². The molecule has 0 saturated carbocycles. The number of benzene rings is 2. The van der Waals surface area contributed by atoms with Crippen LogP contribution in [0.4, 0.5) is 14.9 Å². The summed E-state index contributed by atoms with van der Waals surface area (Å²) in [5, 5.41) is 5.37. The van der Waals surface area contributed by atoms with Gasteiger partial charge in [0.05, 0.1) is 19.9 Å². The Hall–Kier alpha value is -3.55. The van der Waals surface area contributed by atoms with E-state index in [-0.39, 0.29) is 5.69 Å². The summed E-state index contributed by atoms with van der Waals surface area (Å²) in [6.07, 6.45) is 3.41. The lowest BCUT2D eigenvalue weighted by Gasteiger charge is -2.21. The van der Waals surface area contributed by atoms with Crippen LogP contribution in [0.2, 0.25) is 0 Å². The average molecular weight is 384 g/mol. The number of nitrogens with zero attached hydrogens (tertiary/aromatic N) is 2. The monoisotopic (exact) mass is 384 g/mol. The van der Waals surface area contributed by atoms with Gasteiger partial charge in [-0.15, -0.1) is 0 Å². The number of nitrogens with one attached hydrogen (secondary N) is 2. The van der Waals surface area contributed by atoms with Gasteiger partial charge >= 0.3 is 6.03 Å². The van der Waals surface area contributed by atoms with Gasteiger partial charge in [0.2, 0.25) is 0 Å². The molecule has 0 spiro atoms. The first-order chi connectivity index (χ1) is 13.5. The molecule has 0 bridgehead atoms. The van der Waals surface area contributed by atoms with Crippen molar-refractivity contribution in [2.45, 2.75) is 6.04 Å². The van der Waals surface area contributed by atoms with Gasteiger partial charge in [-0.2, -0.15) is 0 Å². The maximum atomic E-state index is 13.9. The molecule has 2 amide bonds. The van der Waals surface area contributed by atoms with E-state index in [0.717, 1.165) is 0 Å². The van der Waals surface area contributed by atoms with E-state index in [2.05, 4.69) is 15.6 Å². The Bertz CT molecular complexity index is 951. The van der Waals surface area contributed by atoms with E-state index in [1.807, 2.05) is 7.05 Å². The maximum Gasteiger partial charge on any atom is 0.320 e. The summed E-state index contributed by atoms with van der Waals surface area (Å²) >= 11 is 0. The fourth-order valence-electron chi connectivity index (χ4n) is 2.80. The van der Waals surface area contributed by atoms with Gasteiger partial charge in [-0.3, -0.25) is 0 Å². The number of methoxy groups -OCH3 is 2. The molecule has 8 heteroatoms. The molecule has 0 unspecified atom stereocenters. The van der Waals surface area contributed by atoms with Crippen LogP contribution in [-0.2, 0) is 7.05 Å². The molecule has 0 radical (unpaired) electrons. The van der Waals surface area contributed by atoms with Gasteiger partial charge < -0.3 is 24.7 Å². The third kappa shape index (κ3) is 4.22. The number of urea groups is 1. The average Bonchev–Trinajstić information content (AvgIpc) is 3.13. The Labute approximate surface area is 162 Å². The van der Waals surface area contributed by atoms with Crippen molar-refractivity contribution in [1.82, 2.24) is 14.9 Å². The maximum absolute atomic E-state index is 13.9. The Morgan fingerprint density at radius 2 is 1.82 bits per heavy atom. The molecule has 3 aromatic rings. The highest BCUT2D eigenvalue weighted by atomic mass is 19.1. The Morgan fingerprint density at radius 3 is 2.39 bits per heavy atom. The minimum atomic E-state index is -0.615. The van der Waals surface area contributed by atoms with E-state index in [4.69, 9.17) is 9.47 Å². The van der Waals surface area contributed by atoms with Crippen LogP contribution < -0.4 is 20.1 Å².